The van der Waals surface area contributed by atoms with Crippen LogP contribution in [0.3, 0.4) is 0 Å². The molecule has 3 saturated heterocycles. The number of benzene rings is 2. The standard InChI is InChI=1S/C30H42N4O3S/c1-37-27-10-11-28-24(21-27)12-15-33-23-25-7-5-14-34(29(25)22-30(28)33)38(35,36)20-6-13-31-16-18-32(19-17-31)26-8-3-2-4-9-26/h2-4,8-11,21,25,29-30H,5-7,12-20,22-23H2,1H3/t25-,29+,30-/m0/s1. The molecule has 4 heterocycles. The molecule has 8 heteroatoms. The first kappa shape index (κ1) is 26.1. The summed E-state index contributed by atoms with van der Waals surface area (Å²) < 4.78 is 34.7. The molecule has 4 aliphatic rings. The Hall–Kier alpha value is -2.13. The number of rotatable bonds is 7. The fourth-order valence-corrected chi connectivity index (χ4v) is 9.13. The third-order valence-electron chi connectivity index (χ3n) is 9.35. The predicted molar refractivity (Wildman–Crippen MR) is 152 cm³/mol. The summed E-state index contributed by atoms with van der Waals surface area (Å²) in [5.74, 6) is 1.62. The van der Waals surface area contributed by atoms with Gasteiger partial charge >= 0.3 is 0 Å². The number of nitrogens with zero attached hydrogens (tertiary/aromatic N) is 4. The fourth-order valence-electron chi connectivity index (χ4n) is 7.32. The molecule has 4 aliphatic heterocycles. The largest absolute Gasteiger partial charge is 0.497 e. The second-order valence-corrected chi connectivity index (χ2v) is 13.5. The summed E-state index contributed by atoms with van der Waals surface area (Å²) in [6.45, 7) is 7.58. The van der Waals surface area contributed by atoms with Crippen LogP contribution >= 0.6 is 0 Å². The van der Waals surface area contributed by atoms with E-state index < -0.39 is 10.0 Å². The molecule has 2 aromatic carbocycles. The minimum absolute atomic E-state index is 0.123. The average molecular weight is 539 g/mol. The normalized spacial score (nSPS) is 26.9. The van der Waals surface area contributed by atoms with Crippen LogP contribution in [0.1, 0.15) is 42.9 Å². The van der Waals surface area contributed by atoms with Crippen LogP contribution in [0.15, 0.2) is 48.5 Å². The summed E-state index contributed by atoms with van der Waals surface area (Å²) in [6, 6.07) is 17.4. The van der Waals surface area contributed by atoms with Gasteiger partial charge in [-0.15, -0.1) is 0 Å². The molecular weight excluding hydrogens is 496 g/mol. The van der Waals surface area contributed by atoms with E-state index in [1.54, 1.807) is 7.11 Å². The first-order valence-corrected chi connectivity index (χ1v) is 16.1. The van der Waals surface area contributed by atoms with Crippen molar-refractivity contribution in [3.8, 4) is 5.75 Å². The van der Waals surface area contributed by atoms with Gasteiger partial charge in [0.1, 0.15) is 5.75 Å². The van der Waals surface area contributed by atoms with Crippen LogP contribution < -0.4 is 9.64 Å². The summed E-state index contributed by atoms with van der Waals surface area (Å²) in [5, 5.41) is 0. The van der Waals surface area contributed by atoms with Crippen molar-refractivity contribution in [2.75, 3.05) is 70.1 Å². The third kappa shape index (κ3) is 5.33. The Kier molecular flexibility index (Phi) is 7.67. The number of piperazine rings is 1. The molecule has 206 valence electrons. The van der Waals surface area contributed by atoms with E-state index in [9.17, 15) is 8.42 Å². The van der Waals surface area contributed by atoms with Crippen LogP contribution in [-0.4, -0.2) is 93.8 Å². The quantitative estimate of drug-likeness (QED) is 0.537. The number of fused-ring (bicyclic) bond motifs is 4. The van der Waals surface area contributed by atoms with E-state index in [-0.39, 0.29) is 11.8 Å². The van der Waals surface area contributed by atoms with Crippen molar-refractivity contribution in [1.82, 2.24) is 14.1 Å². The lowest BCUT2D eigenvalue weighted by Crippen LogP contribution is -2.57. The van der Waals surface area contributed by atoms with Gasteiger partial charge in [-0.05, 0) is 80.0 Å². The van der Waals surface area contributed by atoms with Crippen molar-refractivity contribution in [2.24, 2.45) is 5.92 Å². The summed E-state index contributed by atoms with van der Waals surface area (Å²) >= 11 is 0. The number of sulfonamides is 1. The van der Waals surface area contributed by atoms with Crippen LogP contribution in [-0.2, 0) is 16.4 Å². The highest BCUT2D eigenvalue weighted by Crippen LogP contribution is 2.44. The molecular formula is C30H42N4O3S. The lowest BCUT2D eigenvalue weighted by Gasteiger charge is -2.51. The van der Waals surface area contributed by atoms with Gasteiger partial charge in [0, 0.05) is 63.6 Å². The second kappa shape index (κ2) is 11.2. The monoisotopic (exact) mass is 538 g/mol. The van der Waals surface area contributed by atoms with Crippen LogP contribution in [0.25, 0.3) is 0 Å². The smallest absolute Gasteiger partial charge is 0.214 e. The lowest BCUT2D eigenvalue weighted by molar-refractivity contribution is 0.0219. The van der Waals surface area contributed by atoms with Crippen molar-refractivity contribution < 1.29 is 13.2 Å². The molecule has 0 amide bonds. The number of ether oxygens (including phenoxy) is 1. The summed E-state index contributed by atoms with van der Waals surface area (Å²) in [4.78, 5) is 7.47. The van der Waals surface area contributed by atoms with Gasteiger partial charge < -0.3 is 9.64 Å². The average Bonchev–Trinajstić information content (AvgIpc) is 2.96. The Labute approximate surface area is 228 Å². The first-order valence-electron chi connectivity index (χ1n) is 14.4. The maximum absolute atomic E-state index is 13.7. The maximum Gasteiger partial charge on any atom is 0.214 e. The van der Waals surface area contributed by atoms with Gasteiger partial charge in [0.15, 0.2) is 0 Å². The summed E-state index contributed by atoms with van der Waals surface area (Å²) in [7, 11) is -1.56. The van der Waals surface area contributed by atoms with Gasteiger partial charge in [-0.25, -0.2) is 8.42 Å². The van der Waals surface area contributed by atoms with Gasteiger partial charge in [0.05, 0.1) is 12.9 Å². The Balaban J connectivity index is 1.06. The molecule has 2 aromatic rings. The highest BCUT2D eigenvalue weighted by Gasteiger charge is 2.45. The van der Waals surface area contributed by atoms with Crippen LogP contribution in [0.4, 0.5) is 5.69 Å². The third-order valence-corrected chi connectivity index (χ3v) is 11.3. The zero-order valence-corrected chi connectivity index (χ0v) is 23.5. The fraction of sp³-hybridized carbons (Fsp3) is 0.600. The number of para-hydroxylation sites is 1. The summed E-state index contributed by atoms with van der Waals surface area (Å²) in [5.41, 5.74) is 4.01. The zero-order valence-electron chi connectivity index (χ0n) is 22.7. The molecule has 0 unspecified atom stereocenters. The van der Waals surface area contributed by atoms with Gasteiger partial charge in [0.25, 0.3) is 0 Å². The van der Waals surface area contributed by atoms with Gasteiger partial charge in [-0.2, -0.15) is 4.31 Å². The number of hydrogen-bond acceptors (Lipinski definition) is 6. The van der Waals surface area contributed by atoms with E-state index >= 15 is 0 Å². The number of methoxy groups -OCH3 is 1. The molecule has 0 aliphatic carbocycles. The highest BCUT2D eigenvalue weighted by molar-refractivity contribution is 7.89. The predicted octanol–water partition coefficient (Wildman–Crippen LogP) is 3.62. The molecule has 3 atom stereocenters. The molecule has 0 saturated carbocycles. The summed E-state index contributed by atoms with van der Waals surface area (Å²) in [6.07, 6.45) is 4.78. The Morgan fingerprint density at radius 1 is 0.974 bits per heavy atom. The van der Waals surface area contributed by atoms with E-state index in [2.05, 4.69) is 63.2 Å². The minimum Gasteiger partial charge on any atom is -0.497 e. The number of piperidine rings is 2. The van der Waals surface area contributed by atoms with Gasteiger partial charge in [-0.1, -0.05) is 24.3 Å². The number of anilines is 1. The Morgan fingerprint density at radius 2 is 1.79 bits per heavy atom. The minimum atomic E-state index is -3.28. The molecule has 38 heavy (non-hydrogen) atoms. The van der Waals surface area contributed by atoms with E-state index in [0.717, 1.165) is 77.2 Å². The maximum atomic E-state index is 13.7. The topological polar surface area (TPSA) is 56.3 Å². The van der Waals surface area contributed by atoms with Crippen molar-refractivity contribution >= 4 is 15.7 Å². The van der Waals surface area contributed by atoms with Crippen molar-refractivity contribution in [1.29, 1.82) is 0 Å². The molecule has 3 fully saturated rings. The van der Waals surface area contributed by atoms with Crippen LogP contribution in [0, 0.1) is 5.92 Å². The van der Waals surface area contributed by atoms with E-state index in [1.165, 1.54) is 16.8 Å². The molecule has 0 radical (unpaired) electrons. The zero-order chi connectivity index (χ0) is 26.1. The SMILES string of the molecule is COc1ccc2c(c1)CCN1C[C@@H]3CCCN(S(=O)(=O)CCCN4CCN(c5ccccc5)CC4)[C@@H]3C[C@@H]21. The van der Waals surface area contributed by atoms with Gasteiger partial charge in [0.2, 0.25) is 10.0 Å². The number of hydrogen-bond donors (Lipinski definition) is 0. The van der Waals surface area contributed by atoms with Gasteiger partial charge in [-0.3, -0.25) is 9.80 Å². The first-order chi connectivity index (χ1) is 18.5. The van der Waals surface area contributed by atoms with Crippen LogP contribution in [0.5, 0.6) is 5.75 Å². The van der Waals surface area contributed by atoms with Crippen LogP contribution in [0.2, 0.25) is 0 Å². The molecule has 0 spiro atoms. The lowest BCUT2D eigenvalue weighted by atomic mass is 9.77. The molecule has 7 nitrogen and oxygen atoms in total. The Morgan fingerprint density at radius 3 is 2.58 bits per heavy atom. The molecule has 0 bridgehead atoms. The molecule has 0 N–H and O–H groups in total. The second-order valence-electron chi connectivity index (χ2n) is 11.5. The van der Waals surface area contributed by atoms with Crippen molar-refractivity contribution in [3.05, 3.63) is 59.7 Å². The Bertz CT molecular complexity index is 1200. The highest BCUT2D eigenvalue weighted by atomic mass is 32.2. The molecule has 0 aromatic heterocycles. The van der Waals surface area contributed by atoms with E-state index in [4.69, 9.17) is 4.74 Å². The van der Waals surface area contributed by atoms with E-state index in [0.29, 0.717) is 24.9 Å². The molecule has 6 rings (SSSR count). The van der Waals surface area contributed by atoms with E-state index in [1.807, 2.05) is 4.31 Å². The van der Waals surface area contributed by atoms with Crippen molar-refractivity contribution in [3.63, 3.8) is 0 Å². The van der Waals surface area contributed by atoms with Crippen molar-refractivity contribution in [2.45, 2.75) is 44.2 Å².